The van der Waals surface area contributed by atoms with Crippen molar-refractivity contribution in [2.45, 2.75) is 38.6 Å². The number of amides is 1. The van der Waals surface area contributed by atoms with Gasteiger partial charge in [-0.2, -0.15) is 0 Å². The van der Waals surface area contributed by atoms with E-state index < -0.39 is 0 Å². The van der Waals surface area contributed by atoms with Crippen LogP contribution in [0.15, 0.2) is 0 Å². The highest BCUT2D eigenvalue weighted by Gasteiger charge is 2.41. The normalized spacial score (nSPS) is 25.9. The van der Waals surface area contributed by atoms with Crippen molar-refractivity contribution in [1.82, 2.24) is 10.6 Å². The lowest BCUT2D eigenvalue weighted by atomic mass is 10.0. The first kappa shape index (κ1) is 14.1. The number of thioether (sulfide) groups is 1. The van der Waals surface area contributed by atoms with Gasteiger partial charge in [0.05, 0.1) is 6.04 Å². The molecule has 1 heterocycles. The lowest BCUT2D eigenvalue weighted by molar-refractivity contribution is -0.122. The molecule has 1 saturated carbocycles. The molecule has 0 radical (unpaired) electrons. The number of carbonyl (C=O) groups is 1. The minimum absolute atomic E-state index is 0. The molecule has 5 heteroatoms. The van der Waals surface area contributed by atoms with Crippen molar-refractivity contribution in [3.8, 4) is 0 Å². The smallest absolute Gasteiger partial charge is 0.238 e. The molecule has 1 amide bonds. The highest BCUT2D eigenvalue weighted by molar-refractivity contribution is 7.99. The summed E-state index contributed by atoms with van der Waals surface area (Å²) in [4.78, 5) is 11.7. The first-order valence-corrected chi connectivity index (χ1v) is 7.00. The summed E-state index contributed by atoms with van der Waals surface area (Å²) in [5, 5.41) is 6.29. The second kappa shape index (κ2) is 6.12. The third kappa shape index (κ3) is 3.54. The monoisotopic (exact) mass is 264 g/mol. The van der Waals surface area contributed by atoms with Crippen molar-refractivity contribution in [1.29, 1.82) is 0 Å². The number of nitrogens with one attached hydrogen (secondary N) is 2. The minimum atomic E-state index is 0. The van der Waals surface area contributed by atoms with E-state index in [1.54, 1.807) is 11.8 Å². The molecular weight excluding hydrogens is 244 g/mol. The third-order valence-corrected chi connectivity index (χ3v) is 4.35. The van der Waals surface area contributed by atoms with Crippen molar-refractivity contribution < 1.29 is 4.79 Å². The number of carbonyl (C=O) groups excluding carboxylic acids is 1. The fourth-order valence-electron chi connectivity index (χ4n) is 2.18. The molecule has 2 N–H and O–H groups in total. The summed E-state index contributed by atoms with van der Waals surface area (Å²) in [7, 11) is 0. The van der Waals surface area contributed by atoms with Crippen molar-refractivity contribution in [2.75, 3.05) is 18.2 Å². The summed E-state index contributed by atoms with van der Waals surface area (Å²) in [5.41, 5.74) is 0.468. The largest absolute Gasteiger partial charge is 0.354 e. The van der Waals surface area contributed by atoms with E-state index >= 15 is 0 Å². The van der Waals surface area contributed by atoms with Crippen molar-refractivity contribution in [3.63, 3.8) is 0 Å². The SMILES string of the molecule is CCCC1(CNC(=O)C2CSCN2)CC1.Cl. The molecule has 1 saturated heterocycles. The second-order valence-electron chi connectivity index (χ2n) is 4.74. The third-order valence-electron chi connectivity index (χ3n) is 3.41. The van der Waals surface area contributed by atoms with Crippen LogP contribution < -0.4 is 10.6 Å². The Hall–Kier alpha value is 0.0700. The number of hydrogen-bond acceptors (Lipinski definition) is 3. The zero-order valence-corrected chi connectivity index (χ0v) is 11.4. The Kier molecular flexibility index (Phi) is 5.41. The van der Waals surface area contributed by atoms with Crippen molar-refractivity contribution >= 4 is 30.1 Å². The molecule has 16 heavy (non-hydrogen) atoms. The Labute approximate surface area is 108 Å². The quantitative estimate of drug-likeness (QED) is 0.795. The van der Waals surface area contributed by atoms with Crippen LogP contribution in [0.3, 0.4) is 0 Å². The summed E-state index contributed by atoms with van der Waals surface area (Å²) >= 11 is 1.80. The fraction of sp³-hybridized carbons (Fsp3) is 0.909. The lowest BCUT2D eigenvalue weighted by Gasteiger charge is -2.16. The van der Waals surface area contributed by atoms with E-state index in [9.17, 15) is 4.79 Å². The number of halogens is 1. The van der Waals surface area contributed by atoms with Crippen LogP contribution in [0, 0.1) is 5.41 Å². The van der Waals surface area contributed by atoms with Gasteiger partial charge >= 0.3 is 0 Å². The van der Waals surface area contributed by atoms with E-state index in [1.165, 1.54) is 25.7 Å². The average Bonchev–Trinajstić information content (AvgIpc) is 2.81. The lowest BCUT2D eigenvalue weighted by Crippen LogP contribution is -2.43. The highest BCUT2D eigenvalue weighted by atomic mass is 35.5. The van der Waals surface area contributed by atoms with Gasteiger partial charge in [-0.15, -0.1) is 24.2 Å². The van der Waals surface area contributed by atoms with Crippen LogP contribution in [0.5, 0.6) is 0 Å². The van der Waals surface area contributed by atoms with Crippen molar-refractivity contribution in [3.05, 3.63) is 0 Å². The Morgan fingerprint density at radius 2 is 2.31 bits per heavy atom. The van der Waals surface area contributed by atoms with Crippen LogP contribution >= 0.6 is 24.2 Å². The van der Waals surface area contributed by atoms with Gasteiger partial charge in [0.15, 0.2) is 0 Å². The van der Waals surface area contributed by atoms with Gasteiger partial charge in [0, 0.05) is 18.2 Å². The maximum Gasteiger partial charge on any atom is 0.238 e. The Morgan fingerprint density at radius 1 is 1.56 bits per heavy atom. The van der Waals surface area contributed by atoms with E-state index in [1.807, 2.05) is 0 Å². The molecule has 0 aromatic carbocycles. The second-order valence-corrected chi connectivity index (χ2v) is 5.77. The van der Waals surface area contributed by atoms with Gasteiger partial charge in [-0.05, 0) is 24.7 Å². The molecule has 2 rings (SSSR count). The topological polar surface area (TPSA) is 41.1 Å². The molecule has 0 spiro atoms. The molecule has 94 valence electrons. The number of hydrogen-bond donors (Lipinski definition) is 2. The van der Waals surface area contributed by atoms with E-state index in [4.69, 9.17) is 0 Å². The summed E-state index contributed by atoms with van der Waals surface area (Å²) < 4.78 is 0. The van der Waals surface area contributed by atoms with E-state index in [0.717, 1.165) is 18.2 Å². The molecule has 1 unspecified atom stereocenters. The van der Waals surface area contributed by atoms with Gasteiger partial charge in [-0.3, -0.25) is 10.1 Å². The van der Waals surface area contributed by atoms with E-state index in [-0.39, 0.29) is 24.4 Å². The summed E-state index contributed by atoms with van der Waals surface area (Å²) in [6, 6.07) is 0.0485. The number of rotatable bonds is 5. The minimum Gasteiger partial charge on any atom is -0.354 e. The first-order valence-electron chi connectivity index (χ1n) is 5.85. The highest BCUT2D eigenvalue weighted by Crippen LogP contribution is 2.48. The van der Waals surface area contributed by atoms with E-state index in [0.29, 0.717) is 5.41 Å². The van der Waals surface area contributed by atoms with Gasteiger partial charge in [-0.1, -0.05) is 13.3 Å². The van der Waals surface area contributed by atoms with Gasteiger partial charge in [-0.25, -0.2) is 0 Å². The Morgan fingerprint density at radius 3 is 2.81 bits per heavy atom. The molecule has 1 atom stereocenters. The molecule has 0 bridgehead atoms. The first-order chi connectivity index (χ1) is 7.26. The standard InChI is InChI=1S/C11H20N2OS.ClH/c1-2-3-11(4-5-11)7-12-10(14)9-6-15-8-13-9;/h9,13H,2-8H2,1H3,(H,12,14);1H. The van der Waals surface area contributed by atoms with Crippen molar-refractivity contribution in [2.24, 2.45) is 5.41 Å². The van der Waals surface area contributed by atoms with Crippen LogP contribution in [0.2, 0.25) is 0 Å². The molecule has 0 aromatic rings. The van der Waals surface area contributed by atoms with Crippen LogP contribution in [-0.4, -0.2) is 30.1 Å². The van der Waals surface area contributed by atoms with Gasteiger partial charge in [0.25, 0.3) is 0 Å². The maximum atomic E-state index is 11.7. The molecule has 0 aromatic heterocycles. The Balaban J connectivity index is 0.00000128. The zero-order chi connectivity index (χ0) is 10.7. The summed E-state index contributed by atoms with van der Waals surface area (Å²) in [6.45, 7) is 3.11. The molecule has 2 fully saturated rings. The van der Waals surface area contributed by atoms with Crippen LogP contribution in [0.4, 0.5) is 0 Å². The maximum absolute atomic E-state index is 11.7. The van der Waals surface area contributed by atoms with E-state index in [2.05, 4.69) is 17.6 Å². The van der Waals surface area contributed by atoms with Gasteiger partial charge in [0.2, 0.25) is 5.91 Å². The summed E-state index contributed by atoms with van der Waals surface area (Å²) in [5.74, 6) is 2.03. The molecule has 2 aliphatic rings. The Bertz CT molecular complexity index is 240. The molecular formula is C11H21ClN2OS. The molecule has 1 aliphatic carbocycles. The van der Waals surface area contributed by atoms with Gasteiger partial charge in [0.1, 0.15) is 0 Å². The van der Waals surface area contributed by atoms with Crippen LogP contribution in [0.1, 0.15) is 32.6 Å². The summed E-state index contributed by atoms with van der Waals surface area (Å²) in [6.07, 6.45) is 5.09. The van der Waals surface area contributed by atoms with Gasteiger partial charge < -0.3 is 5.32 Å². The predicted molar refractivity (Wildman–Crippen MR) is 71.1 cm³/mol. The van der Waals surface area contributed by atoms with Crippen LogP contribution in [-0.2, 0) is 4.79 Å². The zero-order valence-electron chi connectivity index (χ0n) is 9.75. The fourth-order valence-corrected chi connectivity index (χ4v) is 3.13. The predicted octanol–water partition coefficient (Wildman–Crippen LogP) is 1.77. The van der Waals surface area contributed by atoms with Crippen LogP contribution in [0.25, 0.3) is 0 Å². The average molecular weight is 265 g/mol. The molecule has 1 aliphatic heterocycles. The molecule has 3 nitrogen and oxygen atoms in total.